The van der Waals surface area contributed by atoms with Crippen molar-refractivity contribution in [2.75, 3.05) is 25.8 Å². The first kappa shape index (κ1) is 20.0. The highest BCUT2D eigenvalue weighted by Gasteiger charge is 2.15. The first-order valence-corrected chi connectivity index (χ1v) is 10.3. The molecule has 0 atom stereocenters. The van der Waals surface area contributed by atoms with E-state index in [-0.39, 0.29) is 18.3 Å². The van der Waals surface area contributed by atoms with Crippen molar-refractivity contribution in [3.8, 4) is 11.5 Å². The van der Waals surface area contributed by atoms with Crippen molar-refractivity contribution >= 4 is 29.0 Å². The highest BCUT2D eigenvalue weighted by Crippen LogP contribution is 2.21. The minimum absolute atomic E-state index is 0.00613. The molecule has 10 heteroatoms. The Morgan fingerprint density at radius 3 is 2.89 bits per heavy atom. The zero-order valence-corrected chi connectivity index (χ0v) is 17.2. The highest BCUT2D eigenvalue weighted by molar-refractivity contribution is 7.99. The number of nitrogen functional groups attached to an aromatic ring is 1. The average molecular weight is 420 g/mol. The Bertz CT molecular complexity index is 914. The van der Waals surface area contributed by atoms with Crippen molar-refractivity contribution in [1.82, 2.24) is 19.8 Å². The molecule has 0 unspecified atom stereocenters. The maximum atomic E-state index is 12.3. The average Bonchev–Trinajstić information content (AvgIpc) is 3.34. The minimum Gasteiger partial charge on any atom is -0.497 e. The van der Waals surface area contributed by atoms with Gasteiger partial charge in [0.25, 0.3) is 0 Å². The molecule has 0 saturated heterocycles. The van der Waals surface area contributed by atoms with Crippen LogP contribution >= 0.6 is 23.1 Å². The SMILES string of the molecule is COc1cccc(OCc2nnc(SCC(=O)N(C)Cc3ccsc3)n2N)c1. The predicted molar refractivity (Wildman–Crippen MR) is 109 cm³/mol. The molecule has 0 saturated carbocycles. The molecule has 2 heterocycles. The number of aromatic nitrogens is 3. The Balaban J connectivity index is 1.51. The molecule has 3 aromatic rings. The molecule has 0 aliphatic heterocycles. The molecule has 0 spiro atoms. The molecule has 0 fully saturated rings. The van der Waals surface area contributed by atoms with E-state index in [1.807, 2.05) is 35.0 Å². The van der Waals surface area contributed by atoms with Crippen molar-refractivity contribution in [2.24, 2.45) is 0 Å². The fourth-order valence-corrected chi connectivity index (χ4v) is 3.80. The highest BCUT2D eigenvalue weighted by atomic mass is 32.2. The molecule has 1 amide bonds. The number of carbonyl (C=O) groups excluding carboxylic acids is 1. The number of benzene rings is 1. The van der Waals surface area contributed by atoms with Gasteiger partial charge in [-0.15, -0.1) is 10.2 Å². The Kier molecular flexibility index (Phi) is 6.77. The second-order valence-electron chi connectivity index (χ2n) is 5.91. The van der Waals surface area contributed by atoms with E-state index < -0.39 is 0 Å². The van der Waals surface area contributed by atoms with Crippen LogP contribution in [0.5, 0.6) is 11.5 Å². The summed E-state index contributed by atoms with van der Waals surface area (Å²) in [5, 5.41) is 12.6. The van der Waals surface area contributed by atoms with Gasteiger partial charge < -0.3 is 20.2 Å². The van der Waals surface area contributed by atoms with Gasteiger partial charge in [0.1, 0.15) is 18.1 Å². The number of ether oxygens (including phenoxy) is 2. The number of carbonyl (C=O) groups is 1. The van der Waals surface area contributed by atoms with Crippen LogP contribution in [0.4, 0.5) is 0 Å². The van der Waals surface area contributed by atoms with Crippen molar-refractivity contribution in [2.45, 2.75) is 18.3 Å². The molecule has 0 aliphatic carbocycles. The van der Waals surface area contributed by atoms with Crippen LogP contribution in [0.25, 0.3) is 0 Å². The quantitative estimate of drug-likeness (QED) is 0.420. The molecule has 2 N–H and O–H groups in total. The first-order chi connectivity index (χ1) is 13.6. The first-order valence-electron chi connectivity index (χ1n) is 8.41. The number of rotatable bonds is 9. The summed E-state index contributed by atoms with van der Waals surface area (Å²) in [6.45, 7) is 0.737. The molecule has 8 nitrogen and oxygen atoms in total. The molecular formula is C18H21N5O3S2. The van der Waals surface area contributed by atoms with Crippen LogP contribution in [0.1, 0.15) is 11.4 Å². The molecule has 3 rings (SSSR count). The summed E-state index contributed by atoms with van der Waals surface area (Å²) in [6, 6.07) is 9.26. The predicted octanol–water partition coefficient (Wildman–Crippen LogP) is 2.39. The molecule has 0 radical (unpaired) electrons. The zero-order chi connectivity index (χ0) is 19.9. The van der Waals surface area contributed by atoms with Gasteiger partial charge in [-0.25, -0.2) is 4.68 Å². The second-order valence-corrected chi connectivity index (χ2v) is 7.63. The smallest absolute Gasteiger partial charge is 0.233 e. The lowest BCUT2D eigenvalue weighted by Crippen LogP contribution is -2.28. The van der Waals surface area contributed by atoms with E-state index in [1.54, 1.807) is 36.5 Å². The summed E-state index contributed by atoms with van der Waals surface area (Å²) in [6.07, 6.45) is 0. The number of hydrogen-bond donors (Lipinski definition) is 1. The normalized spacial score (nSPS) is 10.6. The maximum Gasteiger partial charge on any atom is 0.233 e. The third-order valence-electron chi connectivity index (χ3n) is 3.89. The van der Waals surface area contributed by atoms with Gasteiger partial charge in [-0.2, -0.15) is 11.3 Å². The van der Waals surface area contributed by atoms with E-state index in [0.717, 1.165) is 5.56 Å². The van der Waals surface area contributed by atoms with E-state index in [2.05, 4.69) is 10.2 Å². The Morgan fingerprint density at radius 1 is 1.32 bits per heavy atom. The summed E-state index contributed by atoms with van der Waals surface area (Å²) in [5.74, 6) is 8.07. The monoisotopic (exact) mass is 419 g/mol. The van der Waals surface area contributed by atoms with Crippen molar-refractivity contribution in [1.29, 1.82) is 0 Å². The van der Waals surface area contributed by atoms with Gasteiger partial charge in [0.2, 0.25) is 11.1 Å². The number of methoxy groups -OCH3 is 1. The second kappa shape index (κ2) is 9.47. The molecular weight excluding hydrogens is 398 g/mol. The largest absolute Gasteiger partial charge is 0.497 e. The standard InChI is InChI=1S/C18H21N5O3S2/c1-22(9-13-6-7-27-11-13)17(24)12-28-18-21-20-16(23(18)19)10-26-15-5-3-4-14(8-15)25-2/h3-8,11H,9-10,12,19H2,1-2H3. The van der Waals surface area contributed by atoms with Gasteiger partial charge >= 0.3 is 0 Å². The van der Waals surface area contributed by atoms with Crippen LogP contribution in [0.15, 0.2) is 46.2 Å². The number of thiophene rings is 1. The van der Waals surface area contributed by atoms with Gasteiger partial charge in [-0.3, -0.25) is 4.79 Å². The third-order valence-corrected chi connectivity index (χ3v) is 5.55. The summed E-state index contributed by atoms with van der Waals surface area (Å²) >= 11 is 2.86. The van der Waals surface area contributed by atoms with Crippen LogP contribution in [-0.2, 0) is 17.9 Å². The lowest BCUT2D eigenvalue weighted by Gasteiger charge is -2.15. The number of nitrogens with two attached hydrogens (primary N) is 1. The topological polar surface area (TPSA) is 95.5 Å². The molecule has 148 valence electrons. The van der Waals surface area contributed by atoms with Crippen LogP contribution in [0.3, 0.4) is 0 Å². The molecule has 28 heavy (non-hydrogen) atoms. The van der Waals surface area contributed by atoms with E-state index in [4.69, 9.17) is 15.3 Å². The van der Waals surface area contributed by atoms with Gasteiger partial charge in [-0.05, 0) is 34.5 Å². The van der Waals surface area contributed by atoms with Crippen molar-refractivity contribution < 1.29 is 14.3 Å². The molecule has 0 bridgehead atoms. The van der Waals surface area contributed by atoms with Crippen LogP contribution < -0.4 is 15.3 Å². The minimum atomic E-state index is -0.00613. The van der Waals surface area contributed by atoms with Gasteiger partial charge in [0.15, 0.2) is 5.82 Å². The number of hydrogen-bond acceptors (Lipinski definition) is 8. The zero-order valence-electron chi connectivity index (χ0n) is 15.6. The molecule has 2 aromatic heterocycles. The van der Waals surface area contributed by atoms with Gasteiger partial charge in [0.05, 0.1) is 12.9 Å². The maximum absolute atomic E-state index is 12.3. The Labute approximate surface area is 171 Å². The summed E-state index contributed by atoms with van der Waals surface area (Å²) in [5.41, 5.74) is 1.12. The van der Waals surface area contributed by atoms with Crippen LogP contribution in [-0.4, -0.2) is 45.6 Å². The van der Waals surface area contributed by atoms with Crippen LogP contribution in [0, 0.1) is 0 Å². The summed E-state index contributed by atoms with van der Waals surface area (Å²) in [4.78, 5) is 14.0. The fourth-order valence-electron chi connectivity index (χ4n) is 2.32. The van der Waals surface area contributed by atoms with Gasteiger partial charge in [-0.1, -0.05) is 17.8 Å². The lowest BCUT2D eigenvalue weighted by molar-refractivity contribution is -0.127. The van der Waals surface area contributed by atoms with E-state index >= 15 is 0 Å². The Morgan fingerprint density at radius 2 is 2.14 bits per heavy atom. The lowest BCUT2D eigenvalue weighted by atomic mass is 10.3. The number of thioether (sulfide) groups is 1. The van der Waals surface area contributed by atoms with E-state index in [1.165, 1.54) is 16.4 Å². The van der Waals surface area contributed by atoms with Gasteiger partial charge in [0, 0.05) is 19.7 Å². The van der Waals surface area contributed by atoms with Crippen LogP contribution in [0.2, 0.25) is 0 Å². The Hall–Kier alpha value is -2.72. The molecule has 1 aromatic carbocycles. The summed E-state index contributed by atoms with van der Waals surface area (Å²) < 4.78 is 12.2. The molecule has 0 aliphatic rings. The van der Waals surface area contributed by atoms with Crippen molar-refractivity contribution in [3.05, 3.63) is 52.5 Å². The number of amides is 1. The fraction of sp³-hybridized carbons (Fsp3) is 0.278. The third kappa shape index (κ3) is 5.17. The van der Waals surface area contributed by atoms with E-state index in [9.17, 15) is 4.79 Å². The number of nitrogens with zero attached hydrogens (tertiary/aromatic N) is 4. The summed E-state index contributed by atoms with van der Waals surface area (Å²) in [7, 11) is 3.37. The van der Waals surface area contributed by atoms with Crippen molar-refractivity contribution in [3.63, 3.8) is 0 Å². The van der Waals surface area contributed by atoms with E-state index in [0.29, 0.717) is 29.0 Å².